The predicted molar refractivity (Wildman–Crippen MR) is 174 cm³/mol. The maximum atomic E-state index is 13.5. The molecular weight excluding hydrogens is 517 g/mol. The molecular formula is C37H62BNO3. The highest BCUT2D eigenvalue weighted by molar-refractivity contribution is 6.16. The van der Waals surface area contributed by atoms with E-state index < -0.39 is 11.0 Å². The number of ketones is 1. The van der Waals surface area contributed by atoms with Gasteiger partial charge in [-0.1, -0.05) is 65.5 Å². The third-order valence-corrected chi connectivity index (χ3v) is 12.5. The molecule has 3 saturated carbocycles. The van der Waals surface area contributed by atoms with Crippen molar-refractivity contribution >= 4 is 19.5 Å². The van der Waals surface area contributed by atoms with Crippen LogP contribution in [0, 0.1) is 46.3 Å². The number of fused-ring (bicyclic) bond motifs is 5. The highest BCUT2D eigenvalue weighted by Gasteiger charge is 2.58. The molecule has 4 nitrogen and oxygen atoms in total. The Labute approximate surface area is 259 Å². The van der Waals surface area contributed by atoms with Crippen LogP contribution in [0.15, 0.2) is 11.6 Å². The van der Waals surface area contributed by atoms with Crippen LogP contribution in [0.1, 0.15) is 145 Å². The molecule has 4 aliphatic rings. The summed E-state index contributed by atoms with van der Waals surface area (Å²) in [5, 5.41) is 3.15. The minimum Gasteiger partial charge on any atom is -0.375 e. The van der Waals surface area contributed by atoms with Crippen LogP contribution in [0.2, 0.25) is 0 Å². The van der Waals surface area contributed by atoms with Crippen LogP contribution >= 0.6 is 0 Å². The van der Waals surface area contributed by atoms with Gasteiger partial charge in [0.05, 0.1) is 5.60 Å². The van der Waals surface area contributed by atoms with Gasteiger partial charge in [0.15, 0.2) is 0 Å². The average Bonchev–Trinajstić information content (AvgIpc) is 3.20. The lowest BCUT2D eigenvalue weighted by molar-refractivity contribution is -0.128. The zero-order valence-electron chi connectivity index (χ0n) is 28.5. The Hall–Kier alpha value is -1.10. The van der Waals surface area contributed by atoms with Crippen LogP contribution in [0.3, 0.4) is 0 Å². The molecule has 2 radical (unpaired) electrons. The van der Waals surface area contributed by atoms with Crippen molar-refractivity contribution in [1.82, 2.24) is 5.32 Å². The molecule has 42 heavy (non-hydrogen) atoms. The van der Waals surface area contributed by atoms with E-state index in [0.717, 1.165) is 48.9 Å². The van der Waals surface area contributed by atoms with Crippen molar-refractivity contribution in [3.8, 4) is 0 Å². The molecule has 8 atom stereocenters. The molecule has 0 aliphatic heterocycles. The number of carbonyl (C=O) groups excluding carboxylic acids is 2. The van der Waals surface area contributed by atoms with Crippen molar-refractivity contribution in [2.45, 2.75) is 156 Å². The summed E-state index contributed by atoms with van der Waals surface area (Å²) in [7, 11) is 6.53. The predicted octanol–water partition coefficient (Wildman–Crippen LogP) is 8.56. The van der Waals surface area contributed by atoms with Crippen molar-refractivity contribution in [2.75, 3.05) is 6.61 Å². The largest absolute Gasteiger partial charge is 0.375 e. The third-order valence-electron chi connectivity index (χ3n) is 12.5. The van der Waals surface area contributed by atoms with E-state index in [2.05, 4.69) is 39.1 Å². The van der Waals surface area contributed by atoms with Crippen LogP contribution in [0.25, 0.3) is 0 Å². The smallest absolute Gasteiger partial charge is 0.223 e. The summed E-state index contributed by atoms with van der Waals surface area (Å²) in [6.45, 7) is 17.6. The van der Waals surface area contributed by atoms with Crippen LogP contribution in [-0.4, -0.2) is 37.2 Å². The van der Waals surface area contributed by atoms with Crippen molar-refractivity contribution in [3.05, 3.63) is 11.6 Å². The quantitative estimate of drug-likeness (QED) is 0.135. The number of Topliss-reactive ketones (excluding diaryl/α,β-unsaturated/α-hetero) is 1. The first-order valence-corrected chi connectivity index (χ1v) is 17.5. The van der Waals surface area contributed by atoms with Gasteiger partial charge in [0.2, 0.25) is 5.91 Å². The Morgan fingerprint density at radius 2 is 1.81 bits per heavy atom. The van der Waals surface area contributed by atoms with Gasteiger partial charge in [-0.15, -0.1) is 0 Å². The fraction of sp³-hybridized carbons (Fsp3) is 0.892. The van der Waals surface area contributed by atoms with Gasteiger partial charge in [-0.05, 0) is 131 Å². The first kappa shape index (κ1) is 33.8. The van der Waals surface area contributed by atoms with Gasteiger partial charge >= 0.3 is 0 Å². The summed E-state index contributed by atoms with van der Waals surface area (Å²) in [4.78, 5) is 25.0. The first-order chi connectivity index (χ1) is 19.6. The monoisotopic (exact) mass is 579 g/mol. The van der Waals surface area contributed by atoms with Crippen LogP contribution in [0.4, 0.5) is 0 Å². The normalized spacial score (nSPS) is 35.9. The Morgan fingerprint density at radius 1 is 1.07 bits per heavy atom. The molecule has 236 valence electrons. The second kappa shape index (κ2) is 13.1. The van der Waals surface area contributed by atoms with E-state index in [1.807, 2.05) is 20.8 Å². The van der Waals surface area contributed by atoms with Crippen molar-refractivity contribution < 1.29 is 14.3 Å². The lowest BCUT2D eigenvalue weighted by Gasteiger charge is -2.58. The fourth-order valence-corrected chi connectivity index (χ4v) is 10.0. The molecule has 0 aromatic carbocycles. The summed E-state index contributed by atoms with van der Waals surface area (Å²) in [5.41, 5.74) is 0.981. The number of rotatable bonds is 13. The molecule has 1 amide bonds. The lowest BCUT2D eigenvalue weighted by atomic mass is 9.47. The van der Waals surface area contributed by atoms with Gasteiger partial charge < -0.3 is 10.1 Å². The van der Waals surface area contributed by atoms with Gasteiger partial charge in [0, 0.05) is 18.9 Å². The van der Waals surface area contributed by atoms with Crippen LogP contribution in [0.5, 0.6) is 0 Å². The second-order valence-corrected chi connectivity index (χ2v) is 16.8. The van der Waals surface area contributed by atoms with Crippen molar-refractivity contribution in [2.24, 2.45) is 46.3 Å². The van der Waals surface area contributed by atoms with Gasteiger partial charge in [0.25, 0.3) is 0 Å². The molecule has 0 bridgehead atoms. The first-order valence-electron chi connectivity index (χ1n) is 17.5. The highest BCUT2D eigenvalue weighted by Crippen LogP contribution is 2.67. The van der Waals surface area contributed by atoms with E-state index >= 15 is 0 Å². The Bertz CT molecular complexity index is 1000. The zero-order chi connectivity index (χ0) is 30.9. The standard InChI is InChI=1S/C37H62BNO3/c1-25(2)11-9-10-12-28-14-16-31-30-15-13-29-23-27(17-19-36(29,7)32(30)18-20-35(28,31)6)33(41)39-37(8,38)21-22-42-34(4,5)24-26(3)40/h13,25,27-28,30-32H,9-12,14-24H2,1-8H3,(H,39,41). The molecule has 0 aromatic rings. The van der Waals surface area contributed by atoms with E-state index in [-0.39, 0.29) is 23.0 Å². The number of amides is 1. The molecule has 5 heteroatoms. The van der Waals surface area contributed by atoms with Gasteiger partial charge in [-0.3, -0.25) is 9.59 Å². The van der Waals surface area contributed by atoms with Crippen molar-refractivity contribution in [1.29, 1.82) is 0 Å². The number of carbonyl (C=O) groups is 2. The van der Waals surface area contributed by atoms with Gasteiger partial charge in [-0.25, -0.2) is 0 Å². The number of unbranched alkanes of at least 4 members (excludes halogenated alkanes) is 1. The SMILES string of the molecule is [B]C(C)(CCOC(C)(C)CC(C)=O)NC(=O)C1CCC2(C)C(=CCC3C2CCC2(C)C(CCCCC(C)C)CCC32)C1. The average molecular weight is 580 g/mol. The van der Waals surface area contributed by atoms with Gasteiger partial charge in [0.1, 0.15) is 13.6 Å². The minimum absolute atomic E-state index is 0.00520. The second-order valence-electron chi connectivity index (χ2n) is 16.8. The van der Waals surface area contributed by atoms with Crippen LogP contribution in [-0.2, 0) is 14.3 Å². The summed E-state index contributed by atoms with van der Waals surface area (Å²) in [5.74, 6) is 4.41. The fourth-order valence-electron chi connectivity index (χ4n) is 10.0. The number of hydrogen-bond donors (Lipinski definition) is 1. The maximum Gasteiger partial charge on any atom is 0.223 e. The molecule has 0 heterocycles. The molecule has 0 saturated heterocycles. The summed E-state index contributed by atoms with van der Waals surface area (Å²) in [6.07, 6.45) is 18.9. The van der Waals surface area contributed by atoms with Crippen molar-refractivity contribution in [3.63, 3.8) is 0 Å². The van der Waals surface area contributed by atoms with Gasteiger partial charge in [-0.2, -0.15) is 0 Å². The Kier molecular flexibility index (Phi) is 10.5. The molecule has 0 aromatic heterocycles. The molecule has 0 spiro atoms. The lowest BCUT2D eigenvalue weighted by Crippen LogP contribution is -2.53. The Morgan fingerprint density at radius 3 is 2.50 bits per heavy atom. The summed E-state index contributed by atoms with van der Waals surface area (Å²) < 4.78 is 5.95. The number of hydrogen-bond acceptors (Lipinski definition) is 3. The topological polar surface area (TPSA) is 55.4 Å². The number of allylic oxidation sites excluding steroid dienone is 2. The number of ether oxygens (including phenoxy) is 1. The Balaban J connectivity index is 1.33. The molecule has 3 fully saturated rings. The zero-order valence-corrected chi connectivity index (χ0v) is 28.5. The minimum atomic E-state index is -0.836. The highest BCUT2D eigenvalue weighted by atomic mass is 16.5. The molecule has 1 N–H and O–H groups in total. The maximum absolute atomic E-state index is 13.5. The van der Waals surface area contributed by atoms with E-state index in [1.54, 1.807) is 12.5 Å². The number of nitrogens with one attached hydrogen (secondary N) is 1. The van der Waals surface area contributed by atoms with Crippen LogP contribution < -0.4 is 5.32 Å². The molecule has 4 aliphatic carbocycles. The summed E-state index contributed by atoms with van der Waals surface area (Å²) >= 11 is 0. The molecule has 4 rings (SSSR count). The van der Waals surface area contributed by atoms with E-state index in [1.165, 1.54) is 57.8 Å². The van der Waals surface area contributed by atoms with E-state index in [0.29, 0.717) is 24.9 Å². The van der Waals surface area contributed by atoms with E-state index in [4.69, 9.17) is 12.6 Å². The third kappa shape index (κ3) is 7.57. The molecule has 8 unspecified atom stereocenters. The summed E-state index contributed by atoms with van der Waals surface area (Å²) in [6, 6.07) is 0. The van der Waals surface area contributed by atoms with E-state index in [9.17, 15) is 9.59 Å².